The maximum absolute atomic E-state index is 12.7. The van der Waals surface area contributed by atoms with Gasteiger partial charge in [-0.25, -0.2) is 4.68 Å². The highest BCUT2D eigenvalue weighted by Gasteiger charge is 2.28. The molecule has 1 saturated carbocycles. The van der Waals surface area contributed by atoms with Crippen molar-refractivity contribution in [2.24, 2.45) is 0 Å². The van der Waals surface area contributed by atoms with E-state index < -0.39 is 0 Å². The van der Waals surface area contributed by atoms with Gasteiger partial charge < -0.3 is 10.1 Å². The zero-order valence-electron chi connectivity index (χ0n) is 15.5. The van der Waals surface area contributed by atoms with E-state index in [-0.39, 0.29) is 17.7 Å². The lowest BCUT2D eigenvalue weighted by Crippen LogP contribution is -2.30. The average Bonchev–Trinajstić information content (AvgIpc) is 3.49. The molecule has 0 saturated heterocycles. The number of ether oxygens (including phenoxy) is 1. The largest absolute Gasteiger partial charge is 0.497 e. The minimum atomic E-state index is -0.236. The zero-order valence-corrected chi connectivity index (χ0v) is 16.3. The summed E-state index contributed by atoms with van der Waals surface area (Å²) in [4.78, 5) is 12.7. The highest BCUT2D eigenvalue weighted by Crippen LogP contribution is 2.36. The van der Waals surface area contributed by atoms with E-state index >= 15 is 0 Å². The van der Waals surface area contributed by atoms with Crippen molar-refractivity contribution in [2.45, 2.75) is 30.1 Å². The van der Waals surface area contributed by atoms with Crippen molar-refractivity contribution < 1.29 is 9.53 Å². The van der Waals surface area contributed by atoms with Gasteiger partial charge >= 0.3 is 0 Å². The lowest BCUT2D eigenvalue weighted by Gasteiger charge is -2.20. The third-order valence-corrected chi connectivity index (χ3v) is 5.51. The highest BCUT2D eigenvalue weighted by atomic mass is 32.2. The Labute approximate surface area is 167 Å². The fourth-order valence-electron chi connectivity index (χ4n) is 2.96. The van der Waals surface area contributed by atoms with E-state index in [1.807, 2.05) is 59.3 Å². The van der Waals surface area contributed by atoms with Crippen molar-refractivity contribution in [2.75, 3.05) is 12.9 Å². The van der Waals surface area contributed by atoms with Crippen molar-refractivity contribution in [3.63, 3.8) is 0 Å². The number of hydrogen-bond donors (Lipinski definition) is 1. The van der Waals surface area contributed by atoms with Crippen LogP contribution in [0.5, 0.6) is 5.75 Å². The van der Waals surface area contributed by atoms with Gasteiger partial charge in [-0.1, -0.05) is 54.2 Å². The Hall–Kier alpha value is -2.87. The van der Waals surface area contributed by atoms with E-state index in [2.05, 4.69) is 20.8 Å². The molecule has 144 valence electrons. The molecule has 1 amide bonds. The first-order valence-corrected chi connectivity index (χ1v) is 10.1. The first kappa shape index (κ1) is 18.5. The Bertz CT molecular complexity index is 925. The van der Waals surface area contributed by atoms with Crippen molar-refractivity contribution in [3.05, 3.63) is 65.7 Å². The maximum Gasteiger partial charge on any atom is 0.231 e. The van der Waals surface area contributed by atoms with Crippen LogP contribution >= 0.6 is 11.8 Å². The van der Waals surface area contributed by atoms with Gasteiger partial charge in [0.05, 0.1) is 24.9 Å². The predicted molar refractivity (Wildman–Crippen MR) is 106 cm³/mol. The average molecular weight is 395 g/mol. The van der Waals surface area contributed by atoms with E-state index in [1.54, 1.807) is 7.11 Å². The minimum Gasteiger partial charge on any atom is -0.497 e. The molecule has 0 bridgehead atoms. The van der Waals surface area contributed by atoms with Gasteiger partial charge in [0.2, 0.25) is 11.1 Å². The van der Waals surface area contributed by atoms with Gasteiger partial charge in [0.25, 0.3) is 0 Å². The van der Waals surface area contributed by atoms with Gasteiger partial charge in [-0.2, -0.15) is 0 Å². The molecule has 2 aromatic carbocycles. The maximum atomic E-state index is 12.7. The molecule has 0 aliphatic heterocycles. The van der Waals surface area contributed by atoms with E-state index in [9.17, 15) is 4.79 Å². The van der Waals surface area contributed by atoms with Crippen molar-refractivity contribution in [3.8, 4) is 5.75 Å². The number of thioether (sulfide) groups is 1. The number of methoxy groups -OCH3 is 1. The molecule has 8 heteroatoms. The molecule has 1 heterocycles. The number of nitrogens with one attached hydrogen (secondary N) is 1. The van der Waals surface area contributed by atoms with Crippen LogP contribution in [-0.2, 0) is 4.79 Å². The second-order valence-electron chi connectivity index (χ2n) is 6.61. The topological polar surface area (TPSA) is 81.9 Å². The van der Waals surface area contributed by atoms with Gasteiger partial charge in [-0.15, -0.1) is 5.10 Å². The van der Waals surface area contributed by atoms with E-state index in [0.717, 1.165) is 29.7 Å². The summed E-state index contributed by atoms with van der Waals surface area (Å²) in [5, 5.41) is 15.6. The number of amides is 1. The standard InChI is InChI=1S/C20H21N5O2S/c1-27-17-11-7-15(8-12-17)19(14-5-3-2-4-6-14)21-18(26)13-28-20-22-23-24-25(20)16-9-10-16/h2-8,11-12,16,19H,9-10,13H2,1H3,(H,21,26)/t19-/m1/s1. The Morgan fingerprint density at radius 3 is 2.57 bits per heavy atom. The van der Waals surface area contributed by atoms with Gasteiger partial charge in [-0.05, 0) is 46.5 Å². The molecule has 0 spiro atoms. The summed E-state index contributed by atoms with van der Waals surface area (Å²) in [7, 11) is 1.64. The number of benzene rings is 2. The number of tetrazole rings is 1. The van der Waals surface area contributed by atoms with Gasteiger partial charge in [0, 0.05) is 0 Å². The number of rotatable bonds is 8. The molecule has 4 rings (SSSR count). The lowest BCUT2D eigenvalue weighted by atomic mass is 9.98. The Balaban J connectivity index is 1.46. The second-order valence-corrected chi connectivity index (χ2v) is 7.55. The molecular formula is C20H21N5O2S. The summed E-state index contributed by atoms with van der Waals surface area (Å²) >= 11 is 1.36. The molecule has 28 heavy (non-hydrogen) atoms. The number of aromatic nitrogens is 4. The molecule has 1 fully saturated rings. The lowest BCUT2D eigenvalue weighted by molar-refractivity contribution is -0.119. The Morgan fingerprint density at radius 2 is 1.89 bits per heavy atom. The van der Waals surface area contributed by atoms with Crippen LogP contribution in [0.3, 0.4) is 0 Å². The van der Waals surface area contributed by atoms with Gasteiger partial charge in [-0.3, -0.25) is 4.79 Å². The number of hydrogen-bond acceptors (Lipinski definition) is 6. The van der Waals surface area contributed by atoms with Crippen molar-refractivity contribution in [1.29, 1.82) is 0 Å². The fraction of sp³-hybridized carbons (Fsp3) is 0.300. The molecular weight excluding hydrogens is 374 g/mol. The molecule has 1 aliphatic carbocycles. The summed E-state index contributed by atoms with van der Waals surface area (Å²) in [5.41, 5.74) is 2.02. The molecule has 0 unspecified atom stereocenters. The third-order valence-electron chi connectivity index (χ3n) is 4.58. The van der Waals surface area contributed by atoms with Crippen molar-refractivity contribution in [1.82, 2.24) is 25.5 Å². The van der Waals surface area contributed by atoms with Crippen LogP contribution in [0.15, 0.2) is 59.8 Å². The Kier molecular flexibility index (Phi) is 5.57. The third kappa shape index (κ3) is 4.33. The number of carbonyl (C=O) groups is 1. The van der Waals surface area contributed by atoms with E-state index in [0.29, 0.717) is 11.2 Å². The molecule has 1 aromatic heterocycles. The quantitative estimate of drug-likeness (QED) is 0.591. The van der Waals surface area contributed by atoms with E-state index in [4.69, 9.17) is 4.74 Å². The molecule has 1 aliphatic rings. The summed E-state index contributed by atoms with van der Waals surface area (Å²) < 4.78 is 7.05. The van der Waals surface area contributed by atoms with E-state index in [1.165, 1.54) is 11.8 Å². The van der Waals surface area contributed by atoms with Gasteiger partial charge in [0.1, 0.15) is 5.75 Å². The summed E-state index contributed by atoms with van der Waals surface area (Å²) in [6.07, 6.45) is 2.19. The first-order valence-electron chi connectivity index (χ1n) is 9.13. The monoisotopic (exact) mass is 395 g/mol. The number of nitrogens with zero attached hydrogens (tertiary/aromatic N) is 4. The van der Waals surface area contributed by atoms with Crippen LogP contribution in [0, 0.1) is 0 Å². The summed E-state index contributed by atoms with van der Waals surface area (Å²) in [5.74, 6) is 0.969. The van der Waals surface area contributed by atoms with Crippen LogP contribution in [0.25, 0.3) is 0 Å². The van der Waals surface area contributed by atoms with Crippen LogP contribution in [0.4, 0.5) is 0 Å². The van der Waals surface area contributed by atoms with Crippen LogP contribution in [0.2, 0.25) is 0 Å². The second kappa shape index (κ2) is 8.43. The van der Waals surface area contributed by atoms with Crippen LogP contribution in [-0.4, -0.2) is 39.0 Å². The molecule has 1 atom stereocenters. The molecule has 1 N–H and O–H groups in total. The molecule has 0 radical (unpaired) electrons. The highest BCUT2D eigenvalue weighted by molar-refractivity contribution is 7.99. The molecule has 7 nitrogen and oxygen atoms in total. The first-order chi connectivity index (χ1) is 13.7. The summed E-state index contributed by atoms with van der Waals surface area (Å²) in [6.45, 7) is 0. The smallest absolute Gasteiger partial charge is 0.231 e. The van der Waals surface area contributed by atoms with Crippen molar-refractivity contribution >= 4 is 17.7 Å². The van der Waals surface area contributed by atoms with Crippen LogP contribution < -0.4 is 10.1 Å². The summed E-state index contributed by atoms with van der Waals surface area (Å²) in [6, 6.07) is 17.8. The predicted octanol–water partition coefficient (Wildman–Crippen LogP) is 3.01. The minimum absolute atomic E-state index is 0.0694. The Morgan fingerprint density at radius 1 is 1.18 bits per heavy atom. The zero-order chi connectivity index (χ0) is 19.3. The normalized spacial score (nSPS) is 14.5. The number of carbonyl (C=O) groups excluding carboxylic acids is 1. The molecule has 3 aromatic rings. The van der Waals surface area contributed by atoms with Gasteiger partial charge in [0.15, 0.2) is 0 Å². The fourth-order valence-corrected chi connectivity index (χ4v) is 3.72. The SMILES string of the molecule is COc1ccc([C@H](NC(=O)CSc2nnnn2C2CC2)c2ccccc2)cc1. The van der Waals surface area contributed by atoms with Crippen LogP contribution in [0.1, 0.15) is 36.1 Å².